The average molecular weight is 349 g/mol. The molecule has 2 heterocycles. The van der Waals surface area contributed by atoms with Gasteiger partial charge in [0, 0.05) is 18.2 Å². The number of anilines is 1. The number of nitrogens with one attached hydrogen (secondary N) is 1. The van der Waals surface area contributed by atoms with Crippen LogP contribution in [0.1, 0.15) is 58.6 Å². The van der Waals surface area contributed by atoms with E-state index in [-0.39, 0.29) is 6.10 Å². The molecule has 138 valence electrons. The van der Waals surface area contributed by atoms with Crippen LogP contribution in [0.4, 0.5) is 10.5 Å². The van der Waals surface area contributed by atoms with Crippen LogP contribution in [0.15, 0.2) is 18.5 Å². The molecule has 1 aliphatic carbocycles. The molecule has 1 amide bonds. The molecule has 7 nitrogen and oxygen atoms in total. The highest BCUT2D eigenvalue weighted by molar-refractivity contribution is 5.68. The number of aliphatic hydroxyl groups is 1. The van der Waals surface area contributed by atoms with E-state index >= 15 is 0 Å². The highest BCUT2D eigenvalue weighted by Gasteiger charge is 2.65. The van der Waals surface area contributed by atoms with E-state index in [2.05, 4.69) is 10.3 Å². The van der Waals surface area contributed by atoms with Crippen LogP contribution >= 0.6 is 0 Å². The monoisotopic (exact) mass is 349 g/mol. The summed E-state index contributed by atoms with van der Waals surface area (Å²) in [7, 11) is 0. The summed E-state index contributed by atoms with van der Waals surface area (Å²) in [5.41, 5.74) is 4.97. The van der Waals surface area contributed by atoms with Crippen molar-refractivity contribution in [3.63, 3.8) is 0 Å². The molecule has 0 bridgehead atoms. The third-order valence-corrected chi connectivity index (χ3v) is 5.05. The van der Waals surface area contributed by atoms with Crippen LogP contribution in [0.25, 0.3) is 0 Å². The van der Waals surface area contributed by atoms with Crippen molar-refractivity contribution in [1.29, 1.82) is 0 Å². The third kappa shape index (κ3) is 3.43. The molecule has 7 heteroatoms. The summed E-state index contributed by atoms with van der Waals surface area (Å²) in [4.78, 5) is 16.2. The molecule has 2 aliphatic rings. The number of nitrogen functional groups attached to an aromatic ring is 1. The lowest BCUT2D eigenvalue weighted by Gasteiger charge is -2.47. The predicted octanol–water partition coefficient (Wildman–Crippen LogP) is 2.30. The fraction of sp³-hybridized carbons (Fsp3) is 0.667. The van der Waals surface area contributed by atoms with Gasteiger partial charge in [-0.05, 0) is 46.6 Å². The maximum atomic E-state index is 12.2. The molecule has 25 heavy (non-hydrogen) atoms. The summed E-state index contributed by atoms with van der Waals surface area (Å²) in [6.07, 6.45) is 4.28. The van der Waals surface area contributed by atoms with Crippen molar-refractivity contribution in [2.24, 2.45) is 0 Å². The number of hydrogen-bond acceptors (Lipinski definition) is 6. The van der Waals surface area contributed by atoms with Crippen molar-refractivity contribution in [2.75, 3.05) is 5.73 Å². The molecule has 1 aliphatic heterocycles. The van der Waals surface area contributed by atoms with Gasteiger partial charge < -0.3 is 25.6 Å². The van der Waals surface area contributed by atoms with E-state index in [0.29, 0.717) is 12.1 Å². The summed E-state index contributed by atoms with van der Waals surface area (Å²) >= 11 is 0. The minimum Gasteiger partial charge on any atom is -0.444 e. The lowest BCUT2D eigenvalue weighted by Crippen LogP contribution is -2.63. The van der Waals surface area contributed by atoms with Gasteiger partial charge in [0.1, 0.15) is 11.2 Å². The maximum absolute atomic E-state index is 12.2. The van der Waals surface area contributed by atoms with Crippen molar-refractivity contribution in [3.05, 3.63) is 24.0 Å². The number of carbonyl (C=O) groups excluding carboxylic acids is 1. The molecule has 0 aromatic carbocycles. The first-order valence-corrected chi connectivity index (χ1v) is 8.63. The Morgan fingerprint density at radius 3 is 2.72 bits per heavy atom. The average Bonchev–Trinajstić information content (AvgIpc) is 3.24. The van der Waals surface area contributed by atoms with Gasteiger partial charge in [-0.2, -0.15) is 0 Å². The van der Waals surface area contributed by atoms with Crippen LogP contribution in [0.2, 0.25) is 0 Å². The first-order chi connectivity index (χ1) is 11.5. The second-order valence-corrected chi connectivity index (χ2v) is 8.19. The van der Waals surface area contributed by atoms with Gasteiger partial charge in [-0.1, -0.05) is 0 Å². The van der Waals surface area contributed by atoms with Crippen molar-refractivity contribution in [2.45, 2.75) is 75.9 Å². The molecule has 3 rings (SSSR count). The van der Waals surface area contributed by atoms with Gasteiger partial charge >= 0.3 is 6.09 Å². The number of carbonyl (C=O) groups is 1. The molecule has 4 N–H and O–H groups in total. The zero-order valence-electron chi connectivity index (χ0n) is 15.2. The zero-order chi connectivity index (χ0) is 18.5. The number of amides is 1. The summed E-state index contributed by atoms with van der Waals surface area (Å²) in [6.45, 7) is 7.13. The zero-order valence-corrected chi connectivity index (χ0v) is 15.2. The van der Waals surface area contributed by atoms with Crippen LogP contribution in [0.3, 0.4) is 0 Å². The van der Waals surface area contributed by atoms with E-state index in [1.54, 1.807) is 40.1 Å². The Hall–Kier alpha value is -1.86. The largest absolute Gasteiger partial charge is 0.444 e. The van der Waals surface area contributed by atoms with E-state index in [0.717, 1.165) is 18.4 Å². The number of alkyl carbamates (subject to hydrolysis) is 1. The first-order valence-electron chi connectivity index (χ1n) is 8.63. The van der Waals surface area contributed by atoms with E-state index in [1.807, 2.05) is 6.07 Å². The summed E-state index contributed by atoms with van der Waals surface area (Å²) in [6, 6.07) is 1.32. The normalized spacial score (nSPS) is 30.8. The molecule has 1 saturated heterocycles. The van der Waals surface area contributed by atoms with Gasteiger partial charge in [0.15, 0.2) is 0 Å². The van der Waals surface area contributed by atoms with Crippen LogP contribution in [0, 0.1) is 0 Å². The predicted molar refractivity (Wildman–Crippen MR) is 92.8 cm³/mol. The fourth-order valence-corrected chi connectivity index (χ4v) is 3.49. The molecular formula is C18H27N3O4. The highest BCUT2D eigenvalue weighted by Crippen LogP contribution is 2.57. The van der Waals surface area contributed by atoms with Crippen molar-refractivity contribution in [3.8, 4) is 0 Å². The van der Waals surface area contributed by atoms with Crippen LogP contribution in [0.5, 0.6) is 0 Å². The number of rotatable bonds is 2. The SMILES string of the molecule is CC(C)(C)OC(=O)N[C@@H]1C[C@@H](c2ccncc2N)OC2(CC2)[C@]1(C)O. The smallest absolute Gasteiger partial charge is 0.407 e. The molecule has 1 aromatic heterocycles. The summed E-state index contributed by atoms with van der Waals surface area (Å²) < 4.78 is 11.6. The highest BCUT2D eigenvalue weighted by atomic mass is 16.6. The molecular weight excluding hydrogens is 322 g/mol. The van der Waals surface area contributed by atoms with Gasteiger partial charge in [-0.3, -0.25) is 4.98 Å². The van der Waals surface area contributed by atoms with Crippen molar-refractivity contribution in [1.82, 2.24) is 10.3 Å². The molecule has 1 saturated carbocycles. The van der Waals surface area contributed by atoms with Gasteiger partial charge in [0.2, 0.25) is 0 Å². The lowest BCUT2D eigenvalue weighted by molar-refractivity contribution is -0.200. The fourth-order valence-electron chi connectivity index (χ4n) is 3.49. The number of pyridine rings is 1. The number of nitrogens with zero attached hydrogens (tertiary/aromatic N) is 1. The number of ether oxygens (including phenoxy) is 2. The Bertz CT molecular complexity index is 665. The lowest BCUT2D eigenvalue weighted by atomic mass is 9.80. The third-order valence-electron chi connectivity index (χ3n) is 5.05. The summed E-state index contributed by atoms with van der Waals surface area (Å²) in [5, 5.41) is 13.9. The van der Waals surface area contributed by atoms with E-state index in [1.165, 1.54) is 0 Å². The Kier molecular flexibility index (Phi) is 4.20. The van der Waals surface area contributed by atoms with Gasteiger partial charge in [0.25, 0.3) is 0 Å². The molecule has 0 unspecified atom stereocenters. The first kappa shape index (κ1) is 17.9. The Labute approximate surface area is 147 Å². The number of hydrogen-bond donors (Lipinski definition) is 3. The topological polar surface area (TPSA) is 107 Å². The van der Waals surface area contributed by atoms with Crippen LogP contribution < -0.4 is 11.1 Å². The quantitative estimate of drug-likeness (QED) is 0.756. The van der Waals surface area contributed by atoms with Gasteiger partial charge in [0.05, 0.1) is 29.6 Å². The van der Waals surface area contributed by atoms with Crippen molar-refractivity contribution >= 4 is 11.8 Å². The molecule has 2 fully saturated rings. The van der Waals surface area contributed by atoms with Crippen molar-refractivity contribution < 1.29 is 19.4 Å². The van der Waals surface area contributed by atoms with Crippen LogP contribution in [-0.4, -0.2) is 39.0 Å². The minimum atomic E-state index is -1.18. The van der Waals surface area contributed by atoms with Crippen LogP contribution in [-0.2, 0) is 9.47 Å². The van der Waals surface area contributed by atoms with E-state index < -0.39 is 28.9 Å². The molecule has 0 radical (unpaired) electrons. The standard InChI is InChI=1S/C18H27N3O4/c1-16(2,3)25-15(22)21-14-9-13(11-5-8-20-10-12(11)19)24-18(6-7-18)17(14,4)23/h5,8,10,13-14,23H,6-7,9,19H2,1-4H3,(H,21,22)/t13-,14+,17+/m0/s1. The van der Waals surface area contributed by atoms with Gasteiger partial charge in [-0.25, -0.2) is 4.79 Å². The minimum absolute atomic E-state index is 0.314. The maximum Gasteiger partial charge on any atom is 0.407 e. The second kappa shape index (κ2) is 5.85. The Morgan fingerprint density at radius 2 is 2.16 bits per heavy atom. The Balaban J connectivity index is 1.83. The molecule has 1 aromatic rings. The van der Waals surface area contributed by atoms with E-state index in [4.69, 9.17) is 15.2 Å². The number of nitrogens with two attached hydrogens (primary N) is 1. The number of aromatic nitrogens is 1. The molecule has 1 spiro atoms. The molecule has 3 atom stereocenters. The van der Waals surface area contributed by atoms with E-state index in [9.17, 15) is 9.90 Å². The summed E-state index contributed by atoms with van der Waals surface area (Å²) in [5.74, 6) is 0. The second-order valence-electron chi connectivity index (χ2n) is 8.19. The Morgan fingerprint density at radius 1 is 1.48 bits per heavy atom. The van der Waals surface area contributed by atoms with Gasteiger partial charge in [-0.15, -0.1) is 0 Å².